The summed E-state index contributed by atoms with van der Waals surface area (Å²) in [7, 11) is 1.71. The molecule has 1 amide bonds. The van der Waals surface area contributed by atoms with Crippen molar-refractivity contribution in [2.45, 2.75) is 58.8 Å². The lowest BCUT2D eigenvalue weighted by atomic mass is 10.1. The lowest BCUT2D eigenvalue weighted by Gasteiger charge is -2.20. The molecule has 3 rings (SSSR count). The number of carbonyl (C=O) groups excluding carboxylic acids is 1. The fraction of sp³-hybridized carbons (Fsp3) is 0.542. The summed E-state index contributed by atoms with van der Waals surface area (Å²) >= 11 is 0. The first-order valence-electron chi connectivity index (χ1n) is 11.7. The Balaban J connectivity index is 0.000000678. The van der Waals surface area contributed by atoms with Gasteiger partial charge in [0.05, 0.1) is 22.7 Å². The largest absolute Gasteiger partial charge is 0.396 e. The van der Waals surface area contributed by atoms with Gasteiger partial charge in [0.2, 0.25) is 6.41 Å². The molecule has 0 saturated carbocycles. The monoisotopic (exact) mass is 504 g/mol. The molecule has 36 heavy (non-hydrogen) atoms. The Kier molecular flexibility index (Phi) is 10.5. The lowest BCUT2D eigenvalue weighted by molar-refractivity contribution is -0.109. The summed E-state index contributed by atoms with van der Waals surface area (Å²) in [6.07, 6.45) is 0.396. The predicted octanol–water partition coefficient (Wildman–Crippen LogP) is 0.616. The van der Waals surface area contributed by atoms with Gasteiger partial charge in [0.25, 0.3) is 5.56 Å². The van der Waals surface area contributed by atoms with E-state index in [1.54, 1.807) is 11.7 Å². The Morgan fingerprint density at radius 1 is 1.19 bits per heavy atom. The molecule has 5 N–H and O–H groups in total. The van der Waals surface area contributed by atoms with E-state index in [2.05, 4.69) is 25.6 Å². The summed E-state index contributed by atoms with van der Waals surface area (Å²) in [4.78, 5) is 45.0. The van der Waals surface area contributed by atoms with Gasteiger partial charge in [0.15, 0.2) is 11.5 Å². The normalized spacial score (nSPS) is 12.2. The molecule has 0 spiro atoms. The minimum atomic E-state index is -0.774. The van der Waals surface area contributed by atoms with Crippen molar-refractivity contribution in [1.82, 2.24) is 24.8 Å². The molecule has 198 valence electrons. The summed E-state index contributed by atoms with van der Waals surface area (Å²) < 4.78 is 6.62. The van der Waals surface area contributed by atoms with E-state index >= 15 is 0 Å². The number of aromatic nitrogens is 4. The summed E-state index contributed by atoms with van der Waals surface area (Å²) in [6.45, 7) is 9.02. The third kappa shape index (κ3) is 8.11. The summed E-state index contributed by atoms with van der Waals surface area (Å²) in [6, 6.07) is 3.65. The molecule has 2 aliphatic rings. The van der Waals surface area contributed by atoms with E-state index in [-0.39, 0.29) is 36.7 Å². The minimum absolute atomic E-state index is 0.0361. The Bertz CT molecular complexity index is 1230. The van der Waals surface area contributed by atoms with Gasteiger partial charge in [-0.3, -0.25) is 14.6 Å². The molecule has 12 heteroatoms. The van der Waals surface area contributed by atoms with Crippen LogP contribution < -0.4 is 21.9 Å². The number of benzene rings is 1. The molecule has 0 aromatic heterocycles. The topological polar surface area (TPSA) is 171 Å². The van der Waals surface area contributed by atoms with Crippen molar-refractivity contribution >= 4 is 23.1 Å². The SMILES string of the molecule is COC(C)(C)C.Cc1cc2nc3c(=O)[nH]c(=O)nc-3n(CC[C@H](O)CCO)c2cc1NCCNC=O. The number of amides is 1. The number of aromatic amines is 1. The predicted molar refractivity (Wildman–Crippen MR) is 137 cm³/mol. The Hall–Kier alpha value is -3.35. The van der Waals surface area contributed by atoms with Crippen LogP contribution in [0.25, 0.3) is 22.6 Å². The molecule has 12 nitrogen and oxygen atoms in total. The molecule has 1 aromatic carbocycles. The number of aryl methyl sites for hydroxylation is 2. The average Bonchev–Trinajstić information content (AvgIpc) is 2.80. The van der Waals surface area contributed by atoms with Crippen LogP contribution in [0.2, 0.25) is 0 Å². The van der Waals surface area contributed by atoms with Crippen molar-refractivity contribution in [1.29, 1.82) is 0 Å². The highest BCUT2D eigenvalue weighted by molar-refractivity contribution is 5.84. The number of H-pyrrole nitrogens is 1. The number of nitrogens with zero attached hydrogens (tertiary/aromatic N) is 3. The standard InChI is InChI=1S/C19H24N6O5.C5H12O/c1-11-8-14-15(9-13(11)21-5-4-20-10-27)25(6-2-12(28)3-7-26)17-16(22-14)18(29)24-19(30)23-17;1-5(2,3)6-4/h8-10,12,21,26,28H,2-7H2,1H3,(H,20,27)(H,24,29,30);1-4H3/t12-;/m0./s1. The van der Waals surface area contributed by atoms with Crippen LogP contribution >= 0.6 is 0 Å². The van der Waals surface area contributed by atoms with E-state index in [1.165, 1.54) is 0 Å². The van der Waals surface area contributed by atoms with E-state index < -0.39 is 17.4 Å². The number of aliphatic hydroxyl groups excluding tert-OH is 2. The average molecular weight is 505 g/mol. The molecular weight excluding hydrogens is 468 g/mol. The van der Waals surface area contributed by atoms with Crippen LogP contribution in [0, 0.1) is 6.92 Å². The van der Waals surface area contributed by atoms with Crippen molar-refractivity contribution < 1.29 is 19.7 Å². The van der Waals surface area contributed by atoms with Crippen LogP contribution in [0.3, 0.4) is 0 Å². The van der Waals surface area contributed by atoms with Crippen molar-refractivity contribution in [2.24, 2.45) is 0 Å². The van der Waals surface area contributed by atoms with Crippen LogP contribution in [0.4, 0.5) is 5.69 Å². The molecule has 2 heterocycles. The first-order chi connectivity index (χ1) is 17.0. The van der Waals surface area contributed by atoms with Gasteiger partial charge in [0.1, 0.15) is 0 Å². The number of aliphatic hydroxyl groups is 2. The molecule has 0 fully saturated rings. The molecule has 0 radical (unpaired) electrons. The zero-order valence-corrected chi connectivity index (χ0v) is 21.4. The Morgan fingerprint density at radius 2 is 1.89 bits per heavy atom. The van der Waals surface area contributed by atoms with Gasteiger partial charge < -0.3 is 30.2 Å². The Morgan fingerprint density at radius 3 is 2.50 bits per heavy atom. The highest BCUT2D eigenvalue weighted by atomic mass is 16.5. The zero-order chi connectivity index (χ0) is 26.9. The van der Waals surface area contributed by atoms with Gasteiger partial charge in [-0.05, 0) is 58.2 Å². The molecule has 1 atom stereocenters. The highest BCUT2D eigenvalue weighted by Gasteiger charge is 2.20. The first kappa shape index (κ1) is 28.9. The van der Waals surface area contributed by atoms with Gasteiger partial charge in [-0.15, -0.1) is 0 Å². The first-order valence-corrected chi connectivity index (χ1v) is 11.7. The fourth-order valence-electron chi connectivity index (χ4n) is 3.26. The van der Waals surface area contributed by atoms with Gasteiger partial charge in [-0.25, -0.2) is 9.78 Å². The maximum Gasteiger partial charge on any atom is 0.349 e. The number of methoxy groups -OCH3 is 1. The summed E-state index contributed by atoms with van der Waals surface area (Å²) in [5, 5.41) is 24.9. The number of hydrogen-bond donors (Lipinski definition) is 5. The summed E-state index contributed by atoms with van der Waals surface area (Å²) in [5.41, 5.74) is 1.53. The van der Waals surface area contributed by atoms with Gasteiger partial charge in [-0.2, -0.15) is 4.98 Å². The van der Waals surface area contributed by atoms with E-state index in [9.17, 15) is 19.5 Å². The molecule has 0 unspecified atom stereocenters. The van der Waals surface area contributed by atoms with Crippen LogP contribution in [0.15, 0.2) is 21.7 Å². The van der Waals surface area contributed by atoms with Crippen LogP contribution in [-0.4, -0.2) is 74.7 Å². The van der Waals surface area contributed by atoms with E-state index in [0.717, 1.165) is 11.3 Å². The van der Waals surface area contributed by atoms with Gasteiger partial charge in [0, 0.05) is 39.0 Å². The molecule has 1 aromatic rings. The number of rotatable bonds is 10. The number of nitrogens with one attached hydrogen (secondary N) is 3. The maximum atomic E-state index is 12.3. The van der Waals surface area contributed by atoms with Crippen molar-refractivity contribution in [3.63, 3.8) is 0 Å². The van der Waals surface area contributed by atoms with Crippen LogP contribution in [-0.2, 0) is 16.1 Å². The fourth-order valence-corrected chi connectivity index (χ4v) is 3.26. The highest BCUT2D eigenvalue weighted by Crippen LogP contribution is 2.27. The smallest absolute Gasteiger partial charge is 0.349 e. The van der Waals surface area contributed by atoms with Crippen molar-refractivity contribution in [3.05, 3.63) is 38.5 Å². The van der Waals surface area contributed by atoms with Gasteiger partial charge >= 0.3 is 5.69 Å². The molecule has 0 aliphatic carbocycles. The zero-order valence-electron chi connectivity index (χ0n) is 21.4. The third-order valence-electron chi connectivity index (χ3n) is 5.38. The van der Waals surface area contributed by atoms with E-state index in [4.69, 9.17) is 9.84 Å². The second-order valence-electron chi connectivity index (χ2n) is 9.23. The molecule has 0 saturated heterocycles. The number of ether oxygens (including phenoxy) is 1. The van der Waals surface area contributed by atoms with Crippen molar-refractivity contribution in [3.8, 4) is 11.5 Å². The van der Waals surface area contributed by atoms with Crippen LogP contribution in [0.5, 0.6) is 0 Å². The van der Waals surface area contributed by atoms with E-state index in [1.807, 2.05) is 39.8 Å². The molecule has 2 aliphatic heterocycles. The second kappa shape index (κ2) is 13.1. The lowest BCUT2D eigenvalue weighted by Crippen LogP contribution is -2.29. The number of anilines is 1. The number of fused-ring (bicyclic) bond motifs is 2. The third-order valence-corrected chi connectivity index (χ3v) is 5.38. The minimum Gasteiger partial charge on any atom is -0.396 e. The summed E-state index contributed by atoms with van der Waals surface area (Å²) in [5.74, 6) is 0.130. The number of carbonyl (C=O) groups is 1. The molecule has 0 bridgehead atoms. The Labute approximate surface area is 209 Å². The van der Waals surface area contributed by atoms with Gasteiger partial charge in [-0.1, -0.05) is 0 Å². The quantitative estimate of drug-likeness (QED) is 0.151. The maximum absolute atomic E-state index is 12.3. The number of hydrogen-bond acceptors (Lipinski definition) is 9. The van der Waals surface area contributed by atoms with Crippen molar-refractivity contribution in [2.75, 3.05) is 32.1 Å². The second-order valence-corrected chi connectivity index (χ2v) is 9.23. The van der Waals surface area contributed by atoms with Crippen LogP contribution in [0.1, 0.15) is 39.2 Å². The molecular formula is C24H36N6O6. The van der Waals surface area contributed by atoms with E-state index in [0.29, 0.717) is 37.0 Å².